The Kier molecular flexibility index (Phi) is 3.49. The molecule has 0 bridgehead atoms. The van der Waals surface area contributed by atoms with Crippen molar-refractivity contribution in [3.8, 4) is 11.3 Å². The molecule has 17 heavy (non-hydrogen) atoms. The van der Waals surface area contributed by atoms with Crippen LogP contribution >= 0.6 is 0 Å². The lowest BCUT2D eigenvalue weighted by Gasteiger charge is -2.09. The Bertz CT molecular complexity index is 507. The van der Waals surface area contributed by atoms with Crippen LogP contribution in [0, 0.1) is 5.82 Å². The fourth-order valence-corrected chi connectivity index (χ4v) is 1.75. The van der Waals surface area contributed by atoms with Gasteiger partial charge >= 0.3 is 0 Å². The third-order valence-electron chi connectivity index (χ3n) is 2.62. The summed E-state index contributed by atoms with van der Waals surface area (Å²) in [6, 6.07) is 4.77. The first-order valence-corrected chi connectivity index (χ1v) is 5.56. The first-order valence-electron chi connectivity index (χ1n) is 5.56. The van der Waals surface area contributed by atoms with E-state index in [9.17, 15) is 4.39 Å². The highest BCUT2D eigenvalue weighted by Crippen LogP contribution is 2.23. The van der Waals surface area contributed by atoms with E-state index in [1.165, 1.54) is 6.07 Å². The van der Waals surface area contributed by atoms with E-state index in [0.29, 0.717) is 6.54 Å². The number of benzene rings is 1. The highest BCUT2D eigenvalue weighted by molar-refractivity contribution is 5.63. The summed E-state index contributed by atoms with van der Waals surface area (Å²) in [4.78, 5) is 0. The molecule has 0 atom stereocenters. The molecule has 90 valence electrons. The highest BCUT2D eigenvalue weighted by atomic mass is 19.1. The average Bonchev–Trinajstić information content (AvgIpc) is 2.73. The lowest BCUT2D eigenvalue weighted by atomic mass is 10.0. The van der Waals surface area contributed by atoms with E-state index in [4.69, 9.17) is 0 Å². The van der Waals surface area contributed by atoms with Crippen molar-refractivity contribution in [2.45, 2.75) is 13.5 Å². The van der Waals surface area contributed by atoms with E-state index >= 15 is 0 Å². The Morgan fingerprint density at radius 2 is 2.24 bits per heavy atom. The van der Waals surface area contributed by atoms with Gasteiger partial charge in [-0.1, -0.05) is 12.1 Å². The van der Waals surface area contributed by atoms with Gasteiger partial charge in [0.05, 0.1) is 11.9 Å². The summed E-state index contributed by atoms with van der Waals surface area (Å²) in [5.74, 6) is -0.225. The smallest absolute Gasteiger partial charge is 0.123 e. The quantitative estimate of drug-likeness (QED) is 0.876. The zero-order valence-electron chi connectivity index (χ0n) is 9.94. The minimum absolute atomic E-state index is 0.225. The molecule has 0 aliphatic heterocycles. The van der Waals surface area contributed by atoms with Gasteiger partial charge in [0.25, 0.3) is 0 Å². The maximum atomic E-state index is 13.3. The van der Waals surface area contributed by atoms with Crippen molar-refractivity contribution < 1.29 is 4.39 Å². The minimum Gasteiger partial charge on any atom is -0.313 e. The number of nitrogens with zero attached hydrogens (tertiary/aromatic N) is 3. The summed E-state index contributed by atoms with van der Waals surface area (Å²) in [6.45, 7) is 3.50. The second-order valence-corrected chi connectivity index (χ2v) is 3.82. The Balaban J connectivity index is 2.42. The van der Waals surface area contributed by atoms with Crippen LogP contribution in [0.4, 0.5) is 4.39 Å². The van der Waals surface area contributed by atoms with Gasteiger partial charge < -0.3 is 5.32 Å². The van der Waals surface area contributed by atoms with Gasteiger partial charge in [0.1, 0.15) is 5.82 Å². The molecule has 0 spiro atoms. The molecular formula is C12H15FN4. The lowest BCUT2D eigenvalue weighted by Crippen LogP contribution is -2.13. The SMILES string of the molecule is CCNCc1cc(F)ccc1-c1cnnn1C. The number of rotatable bonds is 4. The molecule has 0 unspecified atom stereocenters. The molecule has 1 heterocycles. The number of hydrogen-bond acceptors (Lipinski definition) is 3. The van der Waals surface area contributed by atoms with Gasteiger partial charge in [-0.2, -0.15) is 0 Å². The molecule has 4 nitrogen and oxygen atoms in total. The van der Waals surface area contributed by atoms with Crippen LogP contribution in [0.2, 0.25) is 0 Å². The molecule has 1 N–H and O–H groups in total. The maximum absolute atomic E-state index is 13.3. The topological polar surface area (TPSA) is 42.7 Å². The monoisotopic (exact) mass is 234 g/mol. The third-order valence-corrected chi connectivity index (χ3v) is 2.62. The largest absolute Gasteiger partial charge is 0.313 e. The second kappa shape index (κ2) is 5.05. The van der Waals surface area contributed by atoms with E-state index < -0.39 is 0 Å². The van der Waals surface area contributed by atoms with E-state index in [-0.39, 0.29) is 5.82 Å². The average molecular weight is 234 g/mol. The molecule has 0 fully saturated rings. The Labute approximate surface area is 99.5 Å². The van der Waals surface area contributed by atoms with Gasteiger partial charge in [0.15, 0.2) is 0 Å². The molecule has 1 aromatic heterocycles. The number of aryl methyl sites for hydroxylation is 1. The summed E-state index contributed by atoms with van der Waals surface area (Å²) in [5.41, 5.74) is 2.76. The summed E-state index contributed by atoms with van der Waals surface area (Å²) < 4.78 is 14.9. The predicted octanol–water partition coefficient (Wildman–Crippen LogP) is 1.73. The standard InChI is InChI=1S/C12H15FN4/c1-3-14-7-9-6-10(13)4-5-11(9)12-8-15-16-17(12)2/h4-6,8,14H,3,7H2,1-2H3. The van der Waals surface area contributed by atoms with E-state index in [1.807, 2.05) is 14.0 Å². The summed E-state index contributed by atoms with van der Waals surface area (Å²) in [7, 11) is 1.82. The molecule has 0 saturated heterocycles. The molecule has 0 aliphatic carbocycles. The van der Waals surface area contributed by atoms with Crippen LogP contribution < -0.4 is 5.32 Å². The molecule has 5 heteroatoms. The molecule has 0 amide bonds. The fourth-order valence-electron chi connectivity index (χ4n) is 1.75. The van der Waals surface area contributed by atoms with Crippen LogP contribution in [0.15, 0.2) is 24.4 Å². The predicted molar refractivity (Wildman–Crippen MR) is 63.8 cm³/mol. The number of halogens is 1. The molecule has 0 aliphatic rings. The van der Waals surface area contributed by atoms with Crippen LogP contribution in [0.1, 0.15) is 12.5 Å². The van der Waals surface area contributed by atoms with Crippen molar-refractivity contribution in [1.82, 2.24) is 20.3 Å². The zero-order chi connectivity index (χ0) is 12.3. The summed E-state index contributed by atoms with van der Waals surface area (Å²) in [6.07, 6.45) is 1.68. The fraction of sp³-hybridized carbons (Fsp3) is 0.333. The van der Waals surface area contributed by atoms with Gasteiger partial charge in [-0.25, -0.2) is 9.07 Å². The molecule has 1 aromatic carbocycles. The van der Waals surface area contributed by atoms with Gasteiger partial charge in [-0.15, -0.1) is 5.10 Å². The van der Waals surface area contributed by atoms with Crippen LogP contribution in [-0.2, 0) is 13.6 Å². The summed E-state index contributed by atoms with van der Waals surface area (Å²) in [5, 5.41) is 10.9. The van der Waals surface area contributed by atoms with E-state index in [1.54, 1.807) is 23.0 Å². The Morgan fingerprint density at radius 1 is 1.41 bits per heavy atom. The maximum Gasteiger partial charge on any atom is 0.123 e. The number of nitrogens with one attached hydrogen (secondary N) is 1. The normalized spacial score (nSPS) is 10.8. The molecule has 0 radical (unpaired) electrons. The van der Waals surface area contributed by atoms with Gasteiger partial charge in [0.2, 0.25) is 0 Å². The Morgan fingerprint density at radius 3 is 2.88 bits per heavy atom. The van der Waals surface area contributed by atoms with Crippen LogP contribution in [0.3, 0.4) is 0 Å². The van der Waals surface area contributed by atoms with Gasteiger partial charge in [0, 0.05) is 19.2 Å². The van der Waals surface area contributed by atoms with Crippen molar-refractivity contribution in [2.24, 2.45) is 7.05 Å². The lowest BCUT2D eigenvalue weighted by molar-refractivity contribution is 0.622. The summed E-state index contributed by atoms with van der Waals surface area (Å²) >= 11 is 0. The van der Waals surface area contributed by atoms with E-state index in [2.05, 4.69) is 15.6 Å². The molecular weight excluding hydrogens is 219 g/mol. The molecule has 2 aromatic rings. The first-order chi connectivity index (χ1) is 8.22. The molecule has 0 saturated carbocycles. The van der Waals surface area contributed by atoms with Crippen LogP contribution in [0.25, 0.3) is 11.3 Å². The van der Waals surface area contributed by atoms with E-state index in [0.717, 1.165) is 23.4 Å². The van der Waals surface area contributed by atoms with Crippen LogP contribution in [0.5, 0.6) is 0 Å². The minimum atomic E-state index is -0.225. The van der Waals surface area contributed by atoms with Crippen molar-refractivity contribution in [1.29, 1.82) is 0 Å². The molecule has 2 rings (SSSR count). The van der Waals surface area contributed by atoms with Crippen molar-refractivity contribution in [2.75, 3.05) is 6.54 Å². The van der Waals surface area contributed by atoms with Crippen LogP contribution in [-0.4, -0.2) is 21.5 Å². The first kappa shape index (κ1) is 11.7. The van der Waals surface area contributed by atoms with Crippen molar-refractivity contribution in [3.63, 3.8) is 0 Å². The zero-order valence-corrected chi connectivity index (χ0v) is 9.94. The number of hydrogen-bond donors (Lipinski definition) is 1. The van der Waals surface area contributed by atoms with Crippen molar-refractivity contribution >= 4 is 0 Å². The highest BCUT2D eigenvalue weighted by Gasteiger charge is 2.10. The number of aromatic nitrogens is 3. The Hall–Kier alpha value is -1.75. The third kappa shape index (κ3) is 2.50. The van der Waals surface area contributed by atoms with Crippen molar-refractivity contribution in [3.05, 3.63) is 35.8 Å². The second-order valence-electron chi connectivity index (χ2n) is 3.82. The van der Waals surface area contributed by atoms with Gasteiger partial charge in [-0.3, -0.25) is 0 Å². The van der Waals surface area contributed by atoms with Gasteiger partial charge in [-0.05, 0) is 30.3 Å².